The van der Waals surface area contributed by atoms with Crippen LogP contribution in [-0.2, 0) is 19.6 Å². The number of halogens is 1. The highest BCUT2D eigenvalue weighted by atomic mass is 32.2. The van der Waals surface area contributed by atoms with E-state index in [1.165, 1.54) is 6.07 Å². The highest BCUT2D eigenvalue weighted by molar-refractivity contribution is 7.89. The second kappa shape index (κ2) is 10.5. The summed E-state index contributed by atoms with van der Waals surface area (Å²) in [5, 5.41) is 2.25. The summed E-state index contributed by atoms with van der Waals surface area (Å²) in [6.07, 6.45) is 4.03. The van der Waals surface area contributed by atoms with Crippen molar-refractivity contribution in [3.05, 3.63) is 29.6 Å². The molecule has 1 saturated carbocycles. The van der Waals surface area contributed by atoms with Gasteiger partial charge in [-0.05, 0) is 62.8 Å². The summed E-state index contributed by atoms with van der Waals surface area (Å²) in [5.41, 5.74) is 0.642. The third-order valence-corrected chi connectivity index (χ3v) is 6.92. The standard InChI is InChI=1S/C21H30FN3O5S/c1-15(17-7-8-18(22)19(11-17)30-14-16-5-6-16)24-31(28,29)10-4-2-3-9-25-12-20(26)23-21(27)13-25/h7-8,11,15-16,24H,2-6,9-10,12-14H2,1H3,(H,23,26,27)/t15-/m1/s1. The molecule has 1 aromatic carbocycles. The van der Waals surface area contributed by atoms with Crippen molar-refractivity contribution in [2.24, 2.45) is 5.92 Å². The Kier molecular flexibility index (Phi) is 8.01. The summed E-state index contributed by atoms with van der Waals surface area (Å²) in [4.78, 5) is 24.4. The average molecular weight is 456 g/mol. The van der Waals surface area contributed by atoms with Gasteiger partial charge in [-0.25, -0.2) is 17.5 Å². The molecule has 1 atom stereocenters. The van der Waals surface area contributed by atoms with Crippen LogP contribution in [0.4, 0.5) is 4.39 Å². The van der Waals surface area contributed by atoms with Crippen molar-refractivity contribution < 1.29 is 27.1 Å². The largest absolute Gasteiger partial charge is 0.490 e. The fourth-order valence-corrected chi connectivity index (χ4v) is 4.82. The van der Waals surface area contributed by atoms with Gasteiger partial charge >= 0.3 is 0 Å². The molecule has 1 aliphatic carbocycles. The summed E-state index contributed by atoms with van der Waals surface area (Å²) in [7, 11) is -3.51. The number of sulfonamides is 1. The van der Waals surface area contributed by atoms with Gasteiger partial charge in [0.2, 0.25) is 21.8 Å². The van der Waals surface area contributed by atoms with E-state index in [-0.39, 0.29) is 36.4 Å². The van der Waals surface area contributed by atoms with Crippen LogP contribution in [0.15, 0.2) is 18.2 Å². The monoisotopic (exact) mass is 455 g/mol. The maximum absolute atomic E-state index is 14.0. The molecular weight excluding hydrogens is 425 g/mol. The summed E-state index contributed by atoms with van der Waals surface area (Å²) in [5.74, 6) is -0.444. The molecule has 10 heteroatoms. The molecular formula is C21H30FN3O5S. The molecule has 0 aromatic heterocycles. The molecule has 0 bridgehead atoms. The molecule has 31 heavy (non-hydrogen) atoms. The van der Waals surface area contributed by atoms with E-state index >= 15 is 0 Å². The topological polar surface area (TPSA) is 105 Å². The maximum atomic E-state index is 14.0. The SMILES string of the molecule is C[C@@H](NS(=O)(=O)CCCCCN1CC(=O)NC(=O)C1)c1ccc(F)c(OCC2CC2)c1. The lowest BCUT2D eigenvalue weighted by Gasteiger charge is -2.24. The number of hydrogen-bond acceptors (Lipinski definition) is 6. The minimum absolute atomic E-state index is 0.0248. The number of unbranched alkanes of at least 4 members (excludes halogenated alkanes) is 2. The van der Waals surface area contributed by atoms with Gasteiger partial charge < -0.3 is 4.74 Å². The second-order valence-corrected chi connectivity index (χ2v) is 10.2. The van der Waals surface area contributed by atoms with Crippen molar-refractivity contribution in [3.8, 4) is 5.75 Å². The van der Waals surface area contributed by atoms with Gasteiger partial charge in [0.1, 0.15) is 0 Å². The van der Waals surface area contributed by atoms with E-state index in [0.717, 1.165) is 12.8 Å². The number of nitrogens with one attached hydrogen (secondary N) is 2. The number of imide groups is 1. The number of piperazine rings is 1. The van der Waals surface area contributed by atoms with E-state index in [1.54, 1.807) is 24.0 Å². The lowest BCUT2D eigenvalue weighted by Crippen LogP contribution is -2.51. The van der Waals surface area contributed by atoms with E-state index < -0.39 is 21.9 Å². The molecule has 8 nitrogen and oxygen atoms in total. The predicted octanol–water partition coefficient (Wildman–Crippen LogP) is 1.72. The van der Waals surface area contributed by atoms with Gasteiger partial charge in [0.05, 0.1) is 25.4 Å². The third kappa shape index (κ3) is 7.86. The first-order valence-electron chi connectivity index (χ1n) is 10.7. The molecule has 2 amide bonds. The van der Waals surface area contributed by atoms with Gasteiger partial charge in [-0.3, -0.25) is 19.8 Å². The molecule has 2 aliphatic rings. The fourth-order valence-electron chi connectivity index (χ4n) is 3.45. The zero-order chi connectivity index (χ0) is 22.4. The van der Waals surface area contributed by atoms with Gasteiger partial charge in [-0.1, -0.05) is 12.5 Å². The number of rotatable bonds is 12. The molecule has 172 valence electrons. The summed E-state index contributed by atoms with van der Waals surface area (Å²) in [6, 6.07) is 3.91. The highest BCUT2D eigenvalue weighted by Crippen LogP contribution is 2.31. The molecule has 1 heterocycles. The highest BCUT2D eigenvalue weighted by Gasteiger charge is 2.24. The molecule has 1 aromatic rings. The van der Waals surface area contributed by atoms with E-state index in [1.807, 2.05) is 0 Å². The first-order chi connectivity index (χ1) is 14.7. The van der Waals surface area contributed by atoms with Gasteiger partial charge in [0.15, 0.2) is 11.6 Å². The maximum Gasteiger partial charge on any atom is 0.240 e. The average Bonchev–Trinajstić information content (AvgIpc) is 3.50. The second-order valence-electron chi connectivity index (χ2n) is 8.35. The Hall–Kier alpha value is -2.04. The number of nitrogens with zero attached hydrogens (tertiary/aromatic N) is 1. The molecule has 2 fully saturated rings. The van der Waals surface area contributed by atoms with Crippen molar-refractivity contribution in [1.82, 2.24) is 14.9 Å². The minimum atomic E-state index is -3.51. The Balaban J connectivity index is 1.40. The van der Waals surface area contributed by atoms with E-state index in [0.29, 0.717) is 43.9 Å². The number of carbonyl (C=O) groups excluding carboxylic acids is 2. The van der Waals surface area contributed by atoms with Crippen LogP contribution in [0.25, 0.3) is 0 Å². The Labute approximate surface area is 182 Å². The van der Waals surface area contributed by atoms with E-state index in [2.05, 4.69) is 10.0 Å². The van der Waals surface area contributed by atoms with Crippen LogP contribution in [0.3, 0.4) is 0 Å². The quantitative estimate of drug-likeness (QED) is 0.367. The third-order valence-electron chi connectivity index (χ3n) is 5.38. The first kappa shape index (κ1) is 23.6. The van der Waals surface area contributed by atoms with Crippen LogP contribution in [0.1, 0.15) is 50.6 Å². The Bertz CT molecular complexity index is 888. The van der Waals surface area contributed by atoms with Crippen molar-refractivity contribution >= 4 is 21.8 Å². The van der Waals surface area contributed by atoms with Crippen LogP contribution in [-0.4, -0.2) is 57.1 Å². The number of hydrogen-bond donors (Lipinski definition) is 2. The zero-order valence-corrected chi connectivity index (χ0v) is 18.5. The molecule has 3 rings (SSSR count). The Morgan fingerprint density at radius 1 is 1.19 bits per heavy atom. The van der Waals surface area contributed by atoms with Crippen LogP contribution >= 0.6 is 0 Å². The molecule has 2 N–H and O–H groups in total. The normalized spacial score (nSPS) is 18.6. The number of benzene rings is 1. The molecule has 0 spiro atoms. The molecule has 0 unspecified atom stereocenters. The molecule has 1 aliphatic heterocycles. The van der Waals surface area contributed by atoms with Gasteiger partial charge in [-0.15, -0.1) is 0 Å². The number of ether oxygens (including phenoxy) is 1. The fraction of sp³-hybridized carbons (Fsp3) is 0.619. The van der Waals surface area contributed by atoms with Crippen LogP contribution in [0.2, 0.25) is 0 Å². The van der Waals surface area contributed by atoms with Crippen molar-refractivity contribution in [2.45, 2.75) is 45.1 Å². The lowest BCUT2D eigenvalue weighted by atomic mass is 10.1. The number of carbonyl (C=O) groups is 2. The van der Waals surface area contributed by atoms with Gasteiger partial charge in [0.25, 0.3) is 0 Å². The smallest absolute Gasteiger partial charge is 0.240 e. The summed E-state index contributed by atoms with van der Waals surface area (Å²) < 4.78 is 47.0. The Morgan fingerprint density at radius 3 is 2.58 bits per heavy atom. The van der Waals surface area contributed by atoms with E-state index in [4.69, 9.17) is 4.74 Å². The van der Waals surface area contributed by atoms with Crippen molar-refractivity contribution in [2.75, 3.05) is 32.0 Å². The van der Waals surface area contributed by atoms with Crippen molar-refractivity contribution in [3.63, 3.8) is 0 Å². The van der Waals surface area contributed by atoms with Crippen LogP contribution < -0.4 is 14.8 Å². The molecule has 0 radical (unpaired) electrons. The van der Waals surface area contributed by atoms with Gasteiger partial charge in [-0.2, -0.15) is 0 Å². The number of amides is 2. The predicted molar refractivity (Wildman–Crippen MR) is 113 cm³/mol. The van der Waals surface area contributed by atoms with Crippen LogP contribution in [0, 0.1) is 11.7 Å². The minimum Gasteiger partial charge on any atom is -0.490 e. The molecule has 1 saturated heterocycles. The zero-order valence-electron chi connectivity index (χ0n) is 17.7. The van der Waals surface area contributed by atoms with E-state index in [9.17, 15) is 22.4 Å². The Morgan fingerprint density at radius 2 is 1.90 bits per heavy atom. The summed E-state index contributed by atoms with van der Waals surface area (Å²) >= 11 is 0. The summed E-state index contributed by atoms with van der Waals surface area (Å²) in [6.45, 7) is 3.15. The van der Waals surface area contributed by atoms with Gasteiger partial charge in [0, 0.05) is 6.04 Å². The van der Waals surface area contributed by atoms with Crippen molar-refractivity contribution in [1.29, 1.82) is 0 Å². The van der Waals surface area contributed by atoms with Crippen LogP contribution in [0.5, 0.6) is 5.75 Å². The first-order valence-corrected chi connectivity index (χ1v) is 12.3. The lowest BCUT2D eigenvalue weighted by molar-refractivity contribution is -0.136.